The lowest BCUT2D eigenvalue weighted by Gasteiger charge is -2.22. The van der Waals surface area contributed by atoms with E-state index in [1.54, 1.807) is 20.4 Å². The van der Waals surface area contributed by atoms with Gasteiger partial charge in [-0.3, -0.25) is 15.3 Å². The van der Waals surface area contributed by atoms with Crippen molar-refractivity contribution in [3.63, 3.8) is 0 Å². The molecule has 1 aromatic rings. The number of ether oxygens (including phenoxy) is 2. The number of hydrogen-bond acceptors (Lipinski definition) is 5. The second-order valence-corrected chi connectivity index (χ2v) is 4.19. The first-order chi connectivity index (χ1) is 9.19. The normalized spacial score (nSPS) is 10.9. The van der Waals surface area contributed by atoms with Crippen LogP contribution in [0.2, 0.25) is 0 Å². The Balaban J connectivity index is 2.74. The zero-order valence-corrected chi connectivity index (χ0v) is 11.6. The fraction of sp³-hybridized carbons (Fsp3) is 0.538. The van der Waals surface area contributed by atoms with Crippen molar-refractivity contribution in [2.24, 2.45) is 5.73 Å². The predicted molar refractivity (Wildman–Crippen MR) is 74.3 cm³/mol. The van der Waals surface area contributed by atoms with Crippen LogP contribution in [0.25, 0.3) is 0 Å². The van der Waals surface area contributed by atoms with Crippen LogP contribution in [0.3, 0.4) is 0 Å². The maximum atomic E-state index is 7.54. The molecule has 0 saturated heterocycles. The number of nitrogens with zero attached hydrogens (tertiary/aromatic N) is 2. The molecule has 19 heavy (non-hydrogen) atoms. The van der Waals surface area contributed by atoms with Crippen LogP contribution in [0.15, 0.2) is 18.3 Å². The lowest BCUT2D eigenvalue weighted by Crippen LogP contribution is -2.31. The summed E-state index contributed by atoms with van der Waals surface area (Å²) in [6.45, 7) is 3.58. The summed E-state index contributed by atoms with van der Waals surface area (Å²) < 4.78 is 10.2. The Hall–Kier alpha value is -1.50. The third kappa shape index (κ3) is 5.34. The first-order valence-corrected chi connectivity index (χ1v) is 6.17. The number of aromatic nitrogens is 1. The molecule has 6 nitrogen and oxygen atoms in total. The maximum Gasteiger partial charge on any atom is 0.142 e. The molecular formula is C13H22N4O2. The Morgan fingerprint density at radius 2 is 1.95 bits per heavy atom. The molecule has 1 rings (SSSR count). The van der Waals surface area contributed by atoms with Gasteiger partial charge in [-0.15, -0.1) is 0 Å². The van der Waals surface area contributed by atoms with E-state index in [1.807, 2.05) is 12.1 Å². The third-order valence-corrected chi connectivity index (χ3v) is 2.76. The van der Waals surface area contributed by atoms with E-state index in [1.165, 1.54) is 0 Å². The van der Waals surface area contributed by atoms with Gasteiger partial charge in [0.2, 0.25) is 0 Å². The van der Waals surface area contributed by atoms with Gasteiger partial charge in [0.1, 0.15) is 11.5 Å². The zero-order chi connectivity index (χ0) is 14.1. The summed E-state index contributed by atoms with van der Waals surface area (Å²) in [5.41, 5.74) is 7.03. The number of pyridine rings is 1. The summed E-state index contributed by atoms with van der Waals surface area (Å²) in [6.07, 6.45) is 1.65. The lowest BCUT2D eigenvalue weighted by atomic mass is 10.1. The van der Waals surface area contributed by atoms with Gasteiger partial charge in [0.25, 0.3) is 0 Å². The Morgan fingerprint density at radius 3 is 2.47 bits per heavy atom. The highest BCUT2D eigenvalue weighted by Crippen LogP contribution is 2.08. The van der Waals surface area contributed by atoms with Gasteiger partial charge in [-0.05, 0) is 11.6 Å². The Labute approximate surface area is 114 Å². The smallest absolute Gasteiger partial charge is 0.142 e. The summed E-state index contributed by atoms with van der Waals surface area (Å²) in [4.78, 5) is 6.34. The van der Waals surface area contributed by atoms with Crippen molar-refractivity contribution < 1.29 is 9.47 Å². The van der Waals surface area contributed by atoms with Crippen LogP contribution in [0.1, 0.15) is 11.3 Å². The summed E-state index contributed by atoms with van der Waals surface area (Å²) in [6, 6.07) is 3.79. The molecule has 0 aliphatic carbocycles. The number of nitrogens with one attached hydrogen (secondary N) is 1. The van der Waals surface area contributed by atoms with E-state index in [0.717, 1.165) is 18.7 Å². The van der Waals surface area contributed by atoms with E-state index in [0.29, 0.717) is 25.5 Å². The van der Waals surface area contributed by atoms with Crippen LogP contribution in [0.4, 0.5) is 0 Å². The van der Waals surface area contributed by atoms with E-state index in [9.17, 15) is 0 Å². The Morgan fingerprint density at radius 1 is 1.32 bits per heavy atom. The molecular weight excluding hydrogens is 244 g/mol. The molecule has 0 amide bonds. The van der Waals surface area contributed by atoms with E-state index in [-0.39, 0.29) is 5.84 Å². The van der Waals surface area contributed by atoms with E-state index >= 15 is 0 Å². The summed E-state index contributed by atoms with van der Waals surface area (Å²) in [5.74, 6) is -0.00552. The molecule has 0 saturated carbocycles. The van der Waals surface area contributed by atoms with Gasteiger partial charge in [-0.2, -0.15) is 0 Å². The molecule has 0 radical (unpaired) electrons. The van der Waals surface area contributed by atoms with Crippen LogP contribution < -0.4 is 5.73 Å². The molecule has 1 heterocycles. The molecule has 0 spiro atoms. The minimum absolute atomic E-state index is 0.00552. The molecule has 6 heteroatoms. The van der Waals surface area contributed by atoms with Gasteiger partial charge in [0.05, 0.1) is 13.2 Å². The third-order valence-electron chi connectivity index (χ3n) is 2.76. The molecule has 3 N–H and O–H groups in total. The van der Waals surface area contributed by atoms with Crippen molar-refractivity contribution in [1.29, 1.82) is 5.41 Å². The topological polar surface area (TPSA) is 84.5 Å². The molecule has 0 bridgehead atoms. The standard InChI is InChI=1S/C13H22N4O2/c1-18-8-6-17(7-9-19-2)10-11-4-3-5-16-12(11)13(14)15/h3-5H,6-10H2,1-2H3,(H3,14,15). The number of amidine groups is 1. The quantitative estimate of drug-likeness (QED) is 0.501. The Bertz CT molecular complexity index is 390. The SMILES string of the molecule is COCCN(CCOC)Cc1cccnc1C(=N)N. The monoisotopic (exact) mass is 266 g/mol. The van der Waals surface area contributed by atoms with Crippen molar-refractivity contribution in [1.82, 2.24) is 9.88 Å². The van der Waals surface area contributed by atoms with Crippen molar-refractivity contribution in [2.75, 3.05) is 40.5 Å². The van der Waals surface area contributed by atoms with Crippen molar-refractivity contribution in [3.8, 4) is 0 Å². The first-order valence-electron chi connectivity index (χ1n) is 6.17. The summed E-state index contributed by atoms with van der Waals surface area (Å²) >= 11 is 0. The minimum Gasteiger partial charge on any atom is -0.383 e. The van der Waals surface area contributed by atoms with Crippen molar-refractivity contribution in [3.05, 3.63) is 29.6 Å². The van der Waals surface area contributed by atoms with Crippen LogP contribution in [-0.2, 0) is 16.0 Å². The number of nitrogen functional groups attached to an aromatic ring is 1. The number of hydrogen-bond donors (Lipinski definition) is 2. The number of nitrogens with two attached hydrogens (primary N) is 1. The van der Waals surface area contributed by atoms with Gasteiger partial charge >= 0.3 is 0 Å². The van der Waals surface area contributed by atoms with Crippen LogP contribution in [0, 0.1) is 5.41 Å². The zero-order valence-electron chi connectivity index (χ0n) is 11.6. The molecule has 0 fully saturated rings. The summed E-state index contributed by atoms with van der Waals surface area (Å²) in [7, 11) is 3.36. The molecule has 106 valence electrons. The van der Waals surface area contributed by atoms with Gasteiger partial charge in [-0.1, -0.05) is 6.07 Å². The van der Waals surface area contributed by atoms with E-state index in [2.05, 4.69) is 9.88 Å². The van der Waals surface area contributed by atoms with Crippen molar-refractivity contribution >= 4 is 5.84 Å². The Kier molecular flexibility index (Phi) is 7.02. The van der Waals surface area contributed by atoms with E-state index in [4.69, 9.17) is 20.6 Å². The first kappa shape index (κ1) is 15.6. The van der Waals surface area contributed by atoms with Crippen LogP contribution >= 0.6 is 0 Å². The highest BCUT2D eigenvalue weighted by Gasteiger charge is 2.11. The second-order valence-electron chi connectivity index (χ2n) is 4.19. The van der Waals surface area contributed by atoms with Gasteiger partial charge in [0.15, 0.2) is 0 Å². The van der Waals surface area contributed by atoms with Gasteiger partial charge in [0, 0.05) is 40.1 Å². The number of methoxy groups -OCH3 is 2. The van der Waals surface area contributed by atoms with Crippen LogP contribution in [-0.4, -0.2) is 56.2 Å². The molecule has 0 aromatic carbocycles. The largest absolute Gasteiger partial charge is 0.383 e. The predicted octanol–water partition coefficient (Wildman–Crippen LogP) is 0.460. The van der Waals surface area contributed by atoms with Crippen molar-refractivity contribution in [2.45, 2.75) is 6.54 Å². The van der Waals surface area contributed by atoms with E-state index < -0.39 is 0 Å². The molecule has 0 unspecified atom stereocenters. The molecule has 1 aromatic heterocycles. The second kappa shape index (κ2) is 8.58. The highest BCUT2D eigenvalue weighted by atomic mass is 16.5. The highest BCUT2D eigenvalue weighted by molar-refractivity contribution is 5.94. The average Bonchev–Trinajstić information content (AvgIpc) is 2.42. The number of rotatable bonds is 9. The minimum atomic E-state index is -0.00552. The maximum absolute atomic E-state index is 7.54. The van der Waals surface area contributed by atoms with Crippen LogP contribution in [0.5, 0.6) is 0 Å². The van der Waals surface area contributed by atoms with Gasteiger partial charge < -0.3 is 15.2 Å². The fourth-order valence-electron chi connectivity index (χ4n) is 1.76. The summed E-state index contributed by atoms with van der Waals surface area (Å²) in [5, 5.41) is 7.54. The lowest BCUT2D eigenvalue weighted by molar-refractivity contribution is 0.110. The fourth-order valence-corrected chi connectivity index (χ4v) is 1.76. The average molecular weight is 266 g/mol. The molecule has 0 aliphatic rings. The molecule has 0 atom stereocenters. The van der Waals surface area contributed by atoms with Gasteiger partial charge in [-0.25, -0.2) is 0 Å². The molecule has 0 aliphatic heterocycles.